The van der Waals surface area contributed by atoms with E-state index in [0.717, 1.165) is 11.1 Å². The summed E-state index contributed by atoms with van der Waals surface area (Å²) in [4.78, 5) is 36.3. The third-order valence-corrected chi connectivity index (χ3v) is 4.86. The van der Waals surface area contributed by atoms with Crippen LogP contribution in [0.4, 0.5) is 5.00 Å². The summed E-state index contributed by atoms with van der Waals surface area (Å²) in [6.45, 7) is 7.59. The Kier molecular flexibility index (Phi) is 5.82. The molecule has 0 spiro atoms. The number of thiophene rings is 1. The van der Waals surface area contributed by atoms with Gasteiger partial charge in [-0.1, -0.05) is 32.9 Å². The van der Waals surface area contributed by atoms with Crippen LogP contribution in [0.1, 0.15) is 51.9 Å². The van der Waals surface area contributed by atoms with Gasteiger partial charge in [-0.3, -0.25) is 14.4 Å². The summed E-state index contributed by atoms with van der Waals surface area (Å²) in [7, 11) is 0. The Morgan fingerprint density at radius 2 is 1.85 bits per heavy atom. The number of hydrogen-bond donors (Lipinski definition) is 3. The van der Waals surface area contributed by atoms with E-state index in [1.807, 2.05) is 33.8 Å². The smallest absolute Gasteiger partial charge is 0.261 e. The highest BCUT2D eigenvalue weighted by atomic mass is 32.1. The second-order valence-corrected chi connectivity index (χ2v) is 8.13. The van der Waals surface area contributed by atoms with Crippen LogP contribution in [0.3, 0.4) is 0 Å². The summed E-state index contributed by atoms with van der Waals surface area (Å²) >= 11 is 1.24. The van der Waals surface area contributed by atoms with Crippen LogP contribution in [0.15, 0.2) is 30.3 Å². The number of rotatable bonds is 5. The molecule has 26 heavy (non-hydrogen) atoms. The van der Waals surface area contributed by atoms with E-state index in [1.165, 1.54) is 11.3 Å². The lowest BCUT2D eigenvalue weighted by Crippen LogP contribution is -2.27. The fourth-order valence-corrected chi connectivity index (χ4v) is 3.15. The lowest BCUT2D eigenvalue weighted by molar-refractivity contribution is -0.123. The average Bonchev–Trinajstić information content (AvgIpc) is 2.92. The second kappa shape index (κ2) is 7.70. The first kappa shape index (κ1) is 19.7. The third-order valence-electron chi connectivity index (χ3n) is 3.71. The summed E-state index contributed by atoms with van der Waals surface area (Å²) in [5.41, 5.74) is 6.73. The van der Waals surface area contributed by atoms with E-state index in [1.54, 1.807) is 24.3 Å². The van der Waals surface area contributed by atoms with Crippen LogP contribution in [0.25, 0.3) is 0 Å². The molecule has 0 saturated carbocycles. The van der Waals surface area contributed by atoms with Crippen LogP contribution in [0.2, 0.25) is 0 Å². The van der Waals surface area contributed by atoms with Crippen LogP contribution < -0.4 is 16.4 Å². The van der Waals surface area contributed by atoms with Gasteiger partial charge in [-0.05, 0) is 36.2 Å². The van der Waals surface area contributed by atoms with Crippen LogP contribution in [0, 0.1) is 12.3 Å². The van der Waals surface area contributed by atoms with Crippen molar-refractivity contribution in [2.24, 2.45) is 11.1 Å². The monoisotopic (exact) mass is 373 g/mol. The molecule has 4 N–H and O–H groups in total. The predicted molar refractivity (Wildman–Crippen MR) is 103 cm³/mol. The molecule has 138 valence electrons. The number of aryl methyl sites for hydroxylation is 1. The molecule has 0 radical (unpaired) electrons. The van der Waals surface area contributed by atoms with E-state index < -0.39 is 11.3 Å². The number of anilines is 1. The number of benzene rings is 1. The Labute approximate surface area is 156 Å². The largest absolute Gasteiger partial charge is 0.366 e. The molecule has 1 aromatic carbocycles. The first-order chi connectivity index (χ1) is 12.1. The normalized spacial score (nSPS) is 11.1. The first-order valence-electron chi connectivity index (χ1n) is 8.17. The quantitative estimate of drug-likeness (QED) is 0.750. The van der Waals surface area contributed by atoms with Gasteiger partial charge in [0.25, 0.3) is 5.91 Å². The van der Waals surface area contributed by atoms with Crippen molar-refractivity contribution in [3.8, 4) is 0 Å². The van der Waals surface area contributed by atoms with Crippen molar-refractivity contribution in [2.45, 2.75) is 34.2 Å². The van der Waals surface area contributed by atoms with Gasteiger partial charge in [-0.25, -0.2) is 0 Å². The maximum Gasteiger partial charge on any atom is 0.261 e. The Hall–Kier alpha value is -2.67. The number of carbonyl (C=O) groups excluding carboxylic acids is 3. The van der Waals surface area contributed by atoms with Crippen molar-refractivity contribution in [2.75, 3.05) is 5.32 Å². The van der Waals surface area contributed by atoms with E-state index >= 15 is 0 Å². The van der Waals surface area contributed by atoms with Crippen molar-refractivity contribution < 1.29 is 14.4 Å². The molecule has 2 aromatic rings. The number of nitrogens with one attached hydrogen (secondary N) is 2. The fourth-order valence-electron chi connectivity index (χ4n) is 2.17. The van der Waals surface area contributed by atoms with E-state index in [-0.39, 0.29) is 18.4 Å². The van der Waals surface area contributed by atoms with E-state index in [0.29, 0.717) is 15.4 Å². The zero-order valence-electron chi connectivity index (χ0n) is 15.3. The van der Waals surface area contributed by atoms with E-state index in [2.05, 4.69) is 10.6 Å². The van der Waals surface area contributed by atoms with Gasteiger partial charge in [-0.2, -0.15) is 0 Å². The second-order valence-electron chi connectivity index (χ2n) is 7.07. The van der Waals surface area contributed by atoms with Crippen molar-refractivity contribution >= 4 is 34.1 Å². The highest BCUT2D eigenvalue weighted by Crippen LogP contribution is 2.28. The molecule has 0 bridgehead atoms. The number of primary amides is 1. The molecular weight excluding hydrogens is 350 g/mol. The Balaban J connectivity index is 2.05. The molecular formula is C19H23N3O3S. The van der Waals surface area contributed by atoms with Crippen LogP contribution in [-0.4, -0.2) is 17.7 Å². The fraction of sp³-hybridized carbons (Fsp3) is 0.316. The third kappa shape index (κ3) is 4.92. The molecule has 0 aliphatic carbocycles. The number of carbonyl (C=O) groups is 3. The molecule has 1 aromatic heterocycles. The van der Waals surface area contributed by atoms with E-state index in [9.17, 15) is 14.4 Å². The molecule has 2 rings (SSSR count). The molecule has 1 heterocycles. The standard InChI is InChI=1S/C19H23N3O3S/c1-11-8-14(22-18(25)19(2,3)4)26-15(11)17(24)21-10-12-6-5-7-13(9-12)16(20)23/h5-9H,10H2,1-4H3,(H2,20,23)(H,21,24)(H,22,25). The van der Waals surface area contributed by atoms with Crippen LogP contribution in [-0.2, 0) is 11.3 Å². The number of hydrogen-bond acceptors (Lipinski definition) is 4. The van der Waals surface area contributed by atoms with Crippen molar-refractivity contribution in [3.05, 3.63) is 51.9 Å². The Bertz CT molecular complexity index is 850. The van der Waals surface area contributed by atoms with Gasteiger partial charge < -0.3 is 16.4 Å². The minimum absolute atomic E-state index is 0.103. The topological polar surface area (TPSA) is 101 Å². The first-order valence-corrected chi connectivity index (χ1v) is 8.98. The summed E-state index contributed by atoms with van der Waals surface area (Å²) in [6, 6.07) is 8.60. The Morgan fingerprint density at radius 3 is 2.46 bits per heavy atom. The molecule has 0 aliphatic heterocycles. The summed E-state index contributed by atoms with van der Waals surface area (Å²) < 4.78 is 0. The summed E-state index contributed by atoms with van der Waals surface area (Å²) in [6.07, 6.45) is 0. The molecule has 6 nitrogen and oxygen atoms in total. The maximum absolute atomic E-state index is 12.4. The van der Waals surface area contributed by atoms with Gasteiger partial charge in [0.1, 0.15) is 0 Å². The molecule has 0 fully saturated rings. The Morgan fingerprint density at radius 1 is 1.15 bits per heavy atom. The molecule has 0 unspecified atom stereocenters. The molecule has 0 saturated heterocycles. The molecule has 3 amide bonds. The zero-order valence-corrected chi connectivity index (χ0v) is 16.1. The highest BCUT2D eigenvalue weighted by Gasteiger charge is 2.23. The van der Waals surface area contributed by atoms with Gasteiger partial charge in [0.15, 0.2) is 0 Å². The van der Waals surface area contributed by atoms with Gasteiger partial charge in [-0.15, -0.1) is 11.3 Å². The lowest BCUT2D eigenvalue weighted by Gasteiger charge is -2.16. The van der Waals surface area contributed by atoms with E-state index in [4.69, 9.17) is 5.73 Å². The molecule has 0 atom stereocenters. The van der Waals surface area contributed by atoms with Crippen molar-refractivity contribution in [1.29, 1.82) is 0 Å². The average molecular weight is 373 g/mol. The van der Waals surface area contributed by atoms with Gasteiger partial charge in [0.05, 0.1) is 9.88 Å². The highest BCUT2D eigenvalue weighted by molar-refractivity contribution is 7.18. The van der Waals surface area contributed by atoms with Crippen LogP contribution >= 0.6 is 11.3 Å². The number of nitrogens with two attached hydrogens (primary N) is 1. The van der Waals surface area contributed by atoms with Crippen molar-refractivity contribution in [3.63, 3.8) is 0 Å². The molecule has 7 heteroatoms. The minimum atomic E-state index is -0.508. The number of amides is 3. The zero-order chi connectivity index (χ0) is 19.5. The van der Waals surface area contributed by atoms with Crippen molar-refractivity contribution in [1.82, 2.24) is 5.32 Å². The SMILES string of the molecule is Cc1cc(NC(=O)C(C)(C)C)sc1C(=O)NCc1cccc(C(N)=O)c1. The summed E-state index contributed by atoms with van der Waals surface area (Å²) in [5.74, 6) is -0.839. The molecule has 0 aliphatic rings. The summed E-state index contributed by atoms with van der Waals surface area (Å²) in [5, 5.41) is 6.31. The predicted octanol–water partition coefficient (Wildman–Crippen LogP) is 3.07. The van der Waals surface area contributed by atoms with Gasteiger partial charge >= 0.3 is 0 Å². The minimum Gasteiger partial charge on any atom is -0.366 e. The lowest BCUT2D eigenvalue weighted by atomic mass is 9.96. The van der Waals surface area contributed by atoms with Crippen LogP contribution in [0.5, 0.6) is 0 Å². The van der Waals surface area contributed by atoms with Gasteiger partial charge in [0.2, 0.25) is 11.8 Å². The maximum atomic E-state index is 12.4. The van der Waals surface area contributed by atoms with Gasteiger partial charge in [0, 0.05) is 17.5 Å².